The Morgan fingerprint density at radius 1 is 1.43 bits per heavy atom. The number of hydrogen-bond acceptors (Lipinski definition) is 4. The molecule has 0 aromatic heterocycles. The van der Waals surface area contributed by atoms with Crippen molar-refractivity contribution < 1.29 is 14.6 Å². The summed E-state index contributed by atoms with van der Waals surface area (Å²) in [5.41, 5.74) is 0.570. The van der Waals surface area contributed by atoms with E-state index in [4.69, 9.17) is 4.74 Å². The van der Waals surface area contributed by atoms with Crippen molar-refractivity contribution in [2.45, 2.75) is 45.3 Å². The third-order valence-electron chi connectivity index (χ3n) is 4.12. The van der Waals surface area contributed by atoms with Crippen LogP contribution in [0.25, 0.3) is 0 Å². The Bertz CT molecular complexity index is 539. The number of nitrogens with one attached hydrogen (secondary N) is 1. The molecule has 0 spiro atoms. The molecule has 1 saturated heterocycles. The first-order chi connectivity index (χ1) is 10.8. The van der Waals surface area contributed by atoms with Crippen molar-refractivity contribution in [3.8, 4) is 5.75 Å². The number of hydrogen-bond donors (Lipinski definition) is 2. The lowest BCUT2D eigenvalue weighted by Crippen LogP contribution is -2.45. The van der Waals surface area contributed by atoms with E-state index >= 15 is 0 Å². The largest absolute Gasteiger partial charge is 0.508 e. The monoisotopic (exact) mass is 320 g/mol. The Morgan fingerprint density at radius 2 is 2.17 bits per heavy atom. The number of aromatic hydroxyl groups is 1. The summed E-state index contributed by atoms with van der Waals surface area (Å²) in [7, 11) is 1.92. The van der Waals surface area contributed by atoms with E-state index in [1.165, 1.54) is 0 Å². The molecule has 1 aliphatic heterocycles. The number of ether oxygens (including phenoxy) is 1. The van der Waals surface area contributed by atoms with E-state index in [1.54, 1.807) is 17.0 Å². The SMILES string of the molecule is CNC(c1cccc(O)c1)C1CCCN(C(=O)OC(C)(C)C)C1. The number of carbonyl (C=O) groups is 1. The average molecular weight is 320 g/mol. The first-order valence-corrected chi connectivity index (χ1v) is 8.24. The van der Waals surface area contributed by atoms with Crippen LogP contribution in [0.3, 0.4) is 0 Å². The summed E-state index contributed by atoms with van der Waals surface area (Å²) in [6.07, 6.45) is 1.76. The molecule has 1 fully saturated rings. The van der Waals surface area contributed by atoms with Gasteiger partial charge in [0, 0.05) is 19.1 Å². The van der Waals surface area contributed by atoms with Crippen molar-refractivity contribution in [3.05, 3.63) is 29.8 Å². The second-order valence-corrected chi connectivity index (χ2v) is 7.19. The van der Waals surface area contributed by atoms with Crippen LogP contribution in [0.15, 0.2) is 24.3 Å². The third-order valence-corrected chi connectivity index (χ3v) is 4.12. The molecule has 1 aromatic rings. The highest BCUT2D eigenvalue weighted by atomic mass is 16.6. The zero-order valence-electron chi connectivity index (χ0n) is 14.5. The summed E-state index contributed by atoms with van der Waals surface area (Å²) in [5.74, 6) is 0.561. The molecular formula is C18H28N2O3. The molecule has 2 rings (SSSR count). The van der Waals surface area contributed by atoms with Crippen molar-refractivity contribution in [2.24, 2.45) is 5.92 Å². The maximum absolute atomic E-state index is 12.3. The lowest BCUT2D eigenvalue weighted by atomic mass is 9.86. The Labute approximate surface area is 138 Å². The average Bonchev–Trinajstić information content (AvgIpc) is 2.47. The van der Waals surface area contributed by atoms with E-state index in [9.17, 15) is 9.90 Å². The van der Waals surface area contributed by atoms with Crippen LogP contribution in [-0.4, -0.2) is 41.8 Å². The van der Waals surface area contributed by atoms with Crippen LogP contribution in [0.1, 0.15) is 45.2 Å². The Morgan fingerprint density at radius 3 is 2.78 bits per heavy atom. The standard InChI is InChI=1S/C18H28N2O3/c1-18(2,3)23-17(22)20-10-6-8-14(12-20)16(19-4)13-7-5-9-15(21)11-13/h5,7,9,11,14,16,19,21H,6,8,10,12H2,1-4H3. The number of phenols is 1. The Hall–Kier alpha value is -1.75. The number of piperidine rings is 1. The molecule has 1 amide bonds. The number of rotatable bonds is 3. The van der Waals surface area contributed by atoms with Crippen molar-refractivity contribution in [1.82, 2.24) is 10.2 Å². The Kier molecular flexibility index (Phi) is 5.52. The summed E-state index contributed by atoms with van der Waals surface area (Å²) in [6, 6.07) is 7.42. The molecule has 0 radical (unpaired) electrons. The molecule has 5 nitrogen and oxygen atoms in total. The molecule has 0 bridgehead atoms. The topological polar surface area (TPSA) is 61.8 Å². The van der Waals surface area contributed by atoms with Crippen LogP contribution in [0, 0.1) is 5.92 Å². The summed E-state index contributed by atoms with van der Waals surface area (Å²) < 4.78 is 5.49. The lowest BCUT2D eigenvalue weighted by Gasteiger charge is -2.37. The van der Waals surface area contributed by atoms with E-state index in [1.807, 2.05) is 40.0 Å². The molecule has 128 valence electrons. The zero-order chi connectivity index (χ0) is 17.0. The first kappa shape index (κ1) is 17.6. The van der Waals surface area contributed by atoms with Crippen LogP contribution in [0.4, 0.5) is 4.79 Å². The normalized spacial score (nSPS) is 20.2. The van der Waals surface area contributed by atoms with Crippen molar-refractivity contribution in [1.29, 1.82) is 0 Å². The molecule has 1 aliphatic rings. The molecule has 0 saturated carbocycles. The minimum absolute atomic E-state index is 0.104. The van der Waals surface area contributed by atoms with E-state index in [0.717, 1.165) is 24.9 Å². The van der Waals surface area contributed by atoms with E-state index in [-0.39, 0.29) is 17.9 Å². The number of benzene rings is 1. The van der Waals surface area contributed by atoms with E-state index in [0.29, 0.717) is 12.5 Å². The van der Waals surface area contributed by atoms with Gasteiger partial charge in [0.25, 0.3) is 0 Å². The second-order valence-electron chi connectivity index (χ2n) is 7.19. The van der Waals surface area contributed by atoms with E-state index < -0.39 is 5.60 Å². The van der Waals surface area contributed by atoms with Gasteiger partial charge in [0.15, 0.2) is 0 Å². The summed E-state index contributed by atoms with van der Waals surface area (Å²) >= 11 is 0. The molecule has 1 heterocycles. The van der Waals surface area contributed by atoms with Gasteiger partial charge in [-0.05, 0) is 64.3 Å². The van der Waals surface area contributed by atoms with Gasteiger partial charge in [0.2, 0.25) is 0 Å². The number of carbonyl (C=O) groups excluding carboxylic acids is 1. The van der Waals surface area contributed by atoms with Crippen molar-refractivity contribution in [2.75, 3.05) is 20.1 Å². The fourth-order valence-electron chi connectivity index (χ4n) is 3.17. The molecule has 1 aromatic carbocycles. The smallest absolute Gasteiger partial charge is 0.410 e. The van der Waals surface area contributed by atoms with Gasteiger partial charge in [0.1, 0.15) is 11.4 Å². The molecule has 0 aliphatic carbocycles. The summed E-state index contributed by atoms with van der Waals surface area (Å²) in [4.78, 5) is 14.1. The molecular weight excluding hydrogens is 292 g/mol. The fourth-order valence-corrected chi connectivity index (χ4v) is 3.17. The zero-order valence-corrected chi connectivity index (χ0v) is 14.5. The maximum Gasteiger partial charge on any atom is 0.410 e. The van der Waals surface area contributed by atoms with Crippen LogP contribution in [-0.2, 0) is 4.74 Å². The molecule has 23 heavy (non-hydrogen) atoms. The minimum atomic E-state index is -0.475. The number of likely N-dealkylation sites (tertiary alicyclic amines) is 1. The predicted molar refractivity (Wildman–Crippen MR) is 90.4 cm³/mol. The van der Waals surface area contributed by atoms with Gasteiger partial charge < -0.3 is 20.1 Å². The van der Waals surface area contributed by atoms with Gasteiger partial charge in [-0.15, -0.1) is 0 Å². The van der Waals surface area contributed by atoms with Gasteiger partial charge in [-0.2, -0.15) is 0 Å². The summed E-state index contributed by atoms with van der Waals surface area (Å²) in [6.45, 7) is 7.05. The van der Waals surface area contributed by atoms with E-state index in [2.05, 4.69) is 5.32 Å². The van der Waals surface area contributed by atoms with Crippen LogP contribution < -0.4 is 5.32 Å². The highest BCUT2D eigenvalue weighted by Crippen LogP contribution is 2.31. The molecule has 5 heteroatoms. The number of amides is 1. The lowest BCUT2D eigenvalue weighted by molar-refractivity contribution is 0.0145. The summed E-state index contributed by atoms with van der Waals surface area (Å²) in [5, 5.41) is 13.0. The molecule has 2 N–H and O–H groups in total. The maximum atomic E-state index is 12.3. The van der Waals surface area contributed by atoms with Crippen molar-refractivity contribution in [3.63, 3.8) is 0 Å². The second kappa shape index (κ2) is 7.21. The van der Waals surface area contributed by atoms with Crippen LogP contribution in [0.5, 0.6) is 5.75 Å². The Balaban J connectivity index is 2.08. The van der Waals surface area contributed by atoms with Crippen molar-refractivity contribution >= 4 is 6.09 Å². The minimum Gasteiger partial charge on any atom is -0.508 e. The van der Waals surface area contributed by atoms with Crippen LogP contribution in [0.2, 0.25) is 0 Å². The quantitative estimate of drug-likeness (QED) is 0.897. The van der Waals surface area contributed by atoms with Gasteiger partial charge in [-0.3, -0.25) is 0 Å². The van der Waals surface area contributed by atoms with Gasteiger partial charge in [-0.25, -0.2) is 4.79 Å². The van der Waals surface area contributed by atoms with Gasteiger partial charge in [0.05, 0.1) is 0 Å². The van der Waals surface area contributed by atoms with Crippen LogP contribution >= 0.6 is 0 Å². The van der Waals surface area contributed by atoms with Gasteiger partial charge >= 0.3 is 6.09 Å². The fraction of sp³-hybridized carbons (Fsp3) is 0.611. The first-order valence-electron chi connectivity index (χ1n) is 8.24. The number of phenolic OH excluding ortho intramolecular Hbond substituents is 1. The molecule has 2 unspecified atom stereocenters. The number of nitrogens with zero attached hydrogens (tertiary/aromatic N) is 1. The predicted octanol–water partition coefficient (Wildman–Crippen LogP) is 3.30. The molecule has 2 atom stereocenters. The third kappa shape index (κ3) is 4.86. The van der Waals surface area contributed by atoms with Gasteiger partial charge in [-0.1, -0.05) is 12.1 Å². The highest BCUT2D eigenvalue weighted by molar-refractivity contribution is 5.68. The highest BCUT2D eigenvalue weighted by Gasteiger charge is 2.31.